The number of imidazole rings is 1. The van der Waals surface area contributed by atoms with Crippen molar-refractivity contribution >= 4 is 11.0 Å². The fourth-order valence-electron chi connectivity index (χ4n) is 2.00. The average Bonchev–Trinajstić information content (AvgIpc) is 2.66. The fraction of sp³-hybridized carbons (Fsp3) is 0.462. The van der Waals surface area contributed by atoms with Gasteiger partial charge in [0.2, 0.25) is 0 Å². The molecule has 1 heterocycles. The maximum absolute atomic E-state index is 5.46. The number of rotatable bonds is 5. The molecular formula is C13H19N3O. The first-order valence-corrected chi connectivity index (χ1v) is 5.99. The lowest BCUT2D eigenvalue weighted by Gasteiger charge is -2.06. The molecule has 2 aromatic rings. The summed E-state index contributed by atoms with van der Waals surface area (Å²) in [6, 6.07) is 6.34. The van der Waals surface area contributed by atoms with Crippen LogP contribution in [0, 0.1) is 6.92 Å². The molecule has 0 atom stereocenters. The summed E-state index contributed by atoms with van der Waals surface area (Å²) in [6.45, 7) is 6.75. The van der Waals surface area contributed by atoms with E-state index in [2.05, 4.69) is 41.6 Å². The predicted octanol–water partition coefficient (Wildman–Crippen LogP) is 1.84. The lowest BCUT2D eigenvalue weighted by molar-refractivity contribution is 0.120. The van der Waals surface area contributed by atoms with Crippen molar-refractivity contribution < 1.29 is 4.74 Å². The topological polar surface area (TPSA) is 53.1 Å². The van der Waals surface area contributed by atoms with Crippen molar-refractivity contribution in [2.45, 2.75) is 27.0 Å². The summed E-state index contributed by atoms with van der Waals surface area (Å²) in [5.41, 5.74) is 8.85. The summed E-state index contributed by atoms with van der Waals surface area (Å²) < 4.78 is 7.65. The van der Waals surface area contributed by atoms with Gasteiger partial charge in [0.1, 0.15) is 12.4 Å². The summed E-state index contributed by atoms with van der Waals surface area (Å²) in [4.78, 5) is 4.61. The highest BCUT2D eigenvalue weighted by Gasteiger charge is 2.09. The van der Waals surface area contributed by atoms with Crippen LogP contribution >= 0.6 is 0 Å². The summed E-state index contributed by atoms with van der Waals surface area (Å²) >= 11 is 0. The Bertz CT molecular complexity index is 505. The van der Waals surface area contributed by atoms with Gasteiger partial charge in [0.05, 0.1) is 17.6 Å². The molecule has 0 spiro atoms. The van der Waals surface area contributed by atoms with Gasteiger partial charge < -0.3 is 15.0 Å². The second-order valence-corrected chi connectivity index (χ2v) is 4.11. The minimum Gasteiger partial charge on any atom is -0.372 e. The summed E-state index contributed by atoms with van der Waals surface area (Å²) in [5.74, 6) is 0.974. The van der Waals surface area contributed by atoms with E-state index in [-0.39, 0.29) is 0 Å². The van der Waals surface area contributed by atoms with Gasteiger partial charge >= 0.3 is 0 Å². The number of nitrogens with two attached hydrogens (primary N) is 1. The van der Waals surface area contributed by atoms with Crippen LogP contribution in [0.5, 0.6) is 0 Å². The van der Waals surface area contributed by atoms with E-state index in [1.807, 2.05) is 0 Å². The van der Waals surface area contributed by atoms with E-state index in [0.29, 0.717) is 19.8 Å². The molecule has 2 rings (SSSR count). The molecule has 1 aromatic carbocycles. The van der Waals surface area contributed by atoms with Crippen LogP contribution in [0.15, 0.2) is 18.2 Å². The van der Waals surface area contributed by atoms with Crippen LogP contribution in [-0.2, 0) is 17.9 Å². The molecule has 4 nitrogen and oxygen atoms in total. The van der Waals surface area contributed by atoms with Crippen LogP contribution in [0.2, 0.25) is 0 Å². The van der Waals surface area contributed by atoms with Crippen LogP contribution in [0.25, 0.3) is 11.0 Å². The maximum Gasteiger partial charge on any atom is 0.135 e. The van der Waals surface area contributed by atoms with Crippen LogP contribution in [0.4, 0.5) is 0 Å². The SMILES string of the molecule is CCn1c(COCCN)nc2cc(C)ccc21. The Morgan fingerprint density at radius 3 is 2.94 bits per heavy atom. The molecule has 0 saturated carbocycles. The summed E-state index contributed by atoms with van der Waals surface area (Å²) in [5, 5.41) is 0. The van der Waals surface area contributed by atoms with E-state index in [9.17, 15) is 0 Å². The number of aryl methyl sites for hydroxylation is 2. The van der Waals surface area contributed by atoms with E-state index in [1.165, 1.54) is 11.1 Å². The van der Waals surface area contributed by atoms with Crippen molar-refractivity contribution in [2.24, 2.45) is 5.73 Å². The van der Waals surface area contributed by atoms with Crippen LogP contribution in [0.1, 0.15) is 18.3 Å². The quantitative estimate of drug-likeness (QED) is 0.802. The molecule has 0 bridgehead atoms. The highest BCUT2D eigenvalue weighted by atomic mass is 16.5. The Morgan fingerprint density at radius 2 is 2.24 bits per heavy atom. The Hall–Kier alpha value is -1.39. The van der Waals surface area contributed by atoms with Crippen molar-refractivity contribution in [3.05, 3.63) is 29.6 Å². The second kappa shape index (κ2) is 5.29. The smallest absolute Gasteiger partial charge is 0.135 e. The van der Waals surface area contributed by atoms with Gasteiger partial charge in [0.25, 0.3) is 0 Å². The minimum atomic E-state index is 0.527. The molecule has 1 aromatic heterocycles. The number of ether oxygens (including phenoxy) is 1. The van der Waals surface area contributed by atoms with E-state index in [0.717, 1.165) is 17.9 Å². The molecule has 0 unspecified atom stereocenters. The van der Waals surface area contributed by atoms with Gasteiger partial charge in [-0.15, -0.1) is 0 Å². The second-order valence-electron chi connectivity index (χ2n) is 4.11. The summed E-state index contributed by atoms with van der Waals surface area (Å²) in [6.07, 6.45) is 0. The largest absolute Gasteiger partial charge is 0.372 e. The van der Waals surface area contributed by atoms with Gasteiger partial charge in [-0.05, 0) is 31.5 Å². The van der Waals surface area contributed by atoms with Crippen molar-refractivity contribution in [1.82, 2.24) is 9.55 Å². The lowest BCUT2D eigenvalue weighted by Crippen LogP contribution is -2.10. The molecular weight excluding hydrogens is 214 g/mol. The summed E-state index contributed by atoms with van der Waals surface area (Å²) in [7, 11) is 0. The molecule has 0 aliphatic carbocycles. The molecule has 17 heavy (non-hydrogen) atoms. The third-order valence-corrected chi connectivity index (χ3v) is 2.79. The standard InChI is InChI=1S/C13H19N3O/c1-3-16-12-5-4-10(2)8-11(12)15-13(16)9-17-7-6-14/h4-5,8H,3,6-7,9,14H2,1-2H3. The number of hydrogen-bond donors (Lipinski definition) is 1. The highest BCUT2D eigenvalue weighted by molar-refractivity contribution is 5.76. The number of nitrogens with zero attached hydrogens (tertiary/aromatic N) is 2. The Morgan fingerprint density at radius 1 is 1.41 bits per heavy atom. The van der Waals surface area contributed by atoms with Gasteiger partial charge in [-0.3, -0.25) is 0 Å². The number of hydrogen-bond acceptors (Lipinski definition) is 3. The molecule has 0 amide bonds. The Balaban J connectivity index is 2.34. The third-order valence-electron chi connectivity index (χ3n) is 2.79. The van der Waals surface area contributed by atoms with E-state index in [1.54, 1.807) is 0 Å². The first-order chi connectivity index (χ1) is 8.26. The van der Waals surface area contributed by atoms with Crippen molar-refractivity contribution in [2.75, 3.05) is 13.2 Å². The van der Waals surface area contributed by atoms with Gasteiger partial charge in [0, 0.05) is 13.1 Å². The average molecular weight is 233 g/mol. The van der Waals surface area contributed by atoms with Gasteiger partial charge in [0.15, 0.2) is 0 Å². The molecule has 4 heteroatoms. The van der Waals surface area contributed by atoms with Crippen LogP contribution < -0.4 is 5.73 Å². The number of benzene rings is 1. The third kappa shape index (κ3) is 2.48. The predicted molar refractivity (Wildman–Crippen MR) is 68.9 cm³/mol. The van der Waals surface area contributed by atoms with Crippen molar-refractivity contribution in [3.8, 4) is 0 Å². The van der Waals surface area contributed by atoms with E-state index >= 15 is 0 Å². The van der Waals surface area contributed by atoms with Gasteiger partial charge in [-0.1, -0.05) is 6.07 Å². The fourth-order valence-corrected chi connectivity index (χ4v) is 2.00. The number of aromatic nitrogens is 2. The van der Waals surface area contributed by atoms with E-state index < -0.39 is 0 Å². The molecule has 0 aliphatic heterocycles. The monoisotopic (exact) mass is 233 g/mol. The van der Waals surface area contributed by atoms with Gasteiger partial charge in [-0.25, -0.2) is 4.98 Å². The molecule has 0 saturated heterocycles. The molecule has 0 radical (unpaired) electrons. The first-order valence-electron chi connectivity index (χ1n) is 5.99. The van der Waals surface area contributed by atoms with Crippen LogP contribution in [0.3, 0.4) is 0 Å². The number of fused-ring (bicyclic) bond motifs is 1. The van der Waals surface area contributed by atoms with Crippen molar-refractivity contribution in [3.63, 3.8) is 0 Å². The lowest BCUT2D eigenvalue weighted by atomic mass is 10.2. The first kappa shape index (κ1) is 12.1. The molecule has 0 aliphatic rings. The highest BCUT2D eigenvalue weighted by Crippen LogP contribution is 2.18. The Labute approximate surface area is 101 Å². The molecule has 92 valence electrons. The molecule has 0 fully saturated rings. The zero-order valence-electron chi connectivity index (χ0n) is 10.4. The zero-order chi connectivity index (χ0) is 12.3. The normalized spacial score (nSPS) is 11.2. The minimum absolute atomic E-state index is 0.527. The zero-order valence-corrected chi connectivity index (χ0v) is 10.4. The van der Waals surface area contributed by atoms with E-state index in [4.69, 9.17) is 10.5 Å². The maximum atomic E-state index is 5.46. The molecule has 2 N–H and O–H groups in total. The Kier molecular flexibility index (Phi) is 3.76. The van der Waals surface area contributed by atoms with Crippen LogP contribution in [-0.4, -0.2) is 22.7 Å². The van der Waals surface area contributed by atoms with Gasteiger partial charge in [-0.2, -0.15) is 0 Å². The van der Waals surface area contributed by atoms with Crippen molar-refractivity contribution in [1.29, 1.82) is 0 Å².